The fourth-order valence-corrected chi connectivity index (χ4v) is 2.26. The van der Waals surface area contributed by atoms with Crippen LogP contribution < -0.4 is 0 Å². The summed E-state index contributed by atoms with van der Waals surface area (Å²) in [5.41, 5.74) is 2.78. The maximum atomic E-state index is 10.0. The zero-order valence-corrected chi connectivity index (χ0v) is 10.3. The summed E-state index contributed by atoms with van der Waals surface area (Å²) in [4.78, 5) is 1.17. The highest BCUT2D eigenvalue weighted by molar-refractivity contribution is 7.98. The van der Waals surface area contributed by atoms with Crippen LogP contribution in [0.4, 0.5) is 0 Å². The van der Waals surface area contributed by atoms with Gasteiger partial charge >= 0.3 is 0 Å². The number of benzene rings is 1. The van der Waals surface area contributed by atoms with Gasteiger partial charge in [-0.1, -0.05) is 6.07 Å². The van der Waals surface area contributed by atoms with Crippen LogP contribution in [0.25, 0.3) is 0 Å². The predicted molar refractivity (Wildman–Crippen MR) is 62.9 cm³/mol. The van der Waals surface area contributed by atoms with Gasteiger partial charge in [-0.25, -0.2) is 0 Å². The Morgan fingerprint density at radius 2 is 1.64 bits per heavy atom. The monoisotopic (exact) mass is 210 g/mol. The lowest BCUT2D eigenvalue weighted by Gasteiger charge is -2.22. The molecule has 0 spiro atoms. The van der Waals surface area contributed by atoms with E-state index < -0.39 is 5.60 Å². The molecule has 0 atom stereocenters. The Labute approximate surface area is 90.5 Å². The van der Waals surface area contributed by atoms with E-state index in [0.29, 0.717) is 0 Å². The number of aliphatic hydroxyl groups is 1. The quantitative estimate of drug-likeness (QED) is 0.756. The van der Waals surface area contributed by atoms with Gasteiger partial charge in [0.15, 0.2) is 0 Å². The molecule has 0 saturated heterocycles. The van der Waals surface area contributed by atoms with Crippen LogP contribution >= 0.6 is 11.8 Å². The average molecular weight is 210 g/mol. The van der Waals surface area contributed by atoms with Gasteiger partial charge in [0.25, 0.3) is 0 Å². The smallest absolute Gasteiger partial charge is 0.0851 e. The van der Waals surface area contributed by atoms with E-state index in [1.54, 1.807) is 11.8 Å². The lowest BCUT2D eigenvalue weighted by molar-refractivity contribution is 0.0757. The van der Waals surface area contributed by atoms with E-state index >= 15 is 0 Å². The van der Waals surface area contributed by atoms with Crippen LogP contribution in [-0.4, -0.2) is 11.4 Å². The number of aryl methyl sites for hydroxylation is 2. The molecule has 0 aliphatic carbocycles. The Morgan fingerprint density at radius 1 is 1.14 bits per heavy atom. The van der Waals surface area contributed by atoms with Crippen molar-refractivity contribution in [2.24, 2.45) is 0 Å². The fraction of sp³-hybridized carbons (Fsp3) is 0.500. The molecular weight excluding hydrogens is 192 g/mol. The molecule has 0 fully saturated rings. The standard InChI is InChI=1S/C12H18OS/c1-8-6-10(12(3,4)13)11(14-5)7-9(8)2/h6-7,13H,1-5H3. The summed E-state index contributed by atoms with van der Waals surface area (Å²) in [5.74, 6) is 0. The van der Waals surface area contributed by atoms with Crippen molar-refractivity contribution in [3.8, 4) is 0 Å². The SMILES string of the molecule is CSc1cc(C)c(C)cc1C(C)(C)O. The van der Waals surface area contributed by atoms with E-state index in [1.165, 1.54) is 16.0 Å². The van der Waals surface area contributed by atoms with Gasteiger partial charge in [0.2, 0.25) is 0 Å². The Bertz CT molecular complexity index is 337. The molecule has 1 nitrogen and oxygen atoms in total. The first kappa shape index (κ1) is 11.6. The lowest BCUT2D eigenvalue weighted by Crippen LogP contribution is -2.17. The van der Waals surface area contributed by atoms with E-state index in [2.05, 4.69) is 26.0 Å². The topological polar surface area (TPSA) is 20.2 Å². The van der Waals surface area contributed by atoms with Crippen LogP contribution in [0.5, 0.6) is 0 Å². The number of hydrogen-bond donors (Lipinski definition) is 1. The van der Waals surface area contributed by atoms with Crippen LogP contribution in [0.1, 0.15) is 30.5 Å². The maximum Gasteiger partial charge on any atom is 0.0851 e. The average Bonchev–Trinajstić information content (AvgIpc) is 2.07. The molecule has 78 valence electrons. The van der Waals surface area contributed by atoms with Crippen molar-refractivity contribution >= 4 is 11.8 Å². The molecule has 0 radical (unpaired) electrons. The van der Waals surface area contributed by atoms with E-state index in [1.807, 2.05) is 20.1 Å². The normalized spacial score (nSPS) is 11.9. The molecule has 1 N–H and O–H groups in total. The molecule has 0 aliphatic rings. The van der Waals surface area contributed by atoms with Crippen LogP contribution in [0.2, 0.25) is 0 Å². The summed E-state index contributed by atoms with van der Waals surface area (Å²) in [6.07, 6.45) is 2.04. The van der Waals surface area contributed by atoms with Gasteiger partial charge in [0.1, 0.15) is 0 Å². The van der Waals surface area contributed by atoms with Crippen LogP contribution in [0.15, 0.2) is 17.0 Å². The molecule has 0 bridgehead atoms. The Balaban J connectivity index is 3.35. The van der Waals surface area contributed by atoms with Crippen molar-refractivity contribution in [1.29, 1.82) is 0 Å². The zero-order chi connectivity index (χ0) is 10.9. The number of rotatable bonds is 2. The first-order valence-corrected chi connectivity index (χ1v) is 5.97. The second-order valence-electron chi connectivity index (χ2n) is 4.20. The first-order valence-electron chi connectivity index (χ1n) is 4.74. The molecule has 1 rings (SSSR count). The van der Waals surface area contributed by atoms with Crippen LogP contribution in [0, 0.1) is 13.8 Å². The Hall–Kier alpha value is -0.470. The van der Waals surface area contributed by atoms with Gasteiger partial charge < -0.3 is 5.11 Å². The van der Waals surface area contributed by atoms with Crippen molar-refractivity contribution in [2.75, 3.05) is 6.26 Å². The largest absolute Gasteiger partial charge is 0.386 e. The van der Waals surface area contributed by atoms with Crippen molar-refractivity contribution in [3.05, 3.63) is 28.8 Å². The maximum absolute atomic E-state index is 10.0. The van der Waals surface area contributed by atoms with E-state index in [0.717, 1.165) is 5.56 Å². The lowest BCUT2D eigenvalue weighted by atomic mass is 9.95. The summed E-state index contributed by atoms with van der Waals surface area (Å²) >= 11 is 1.69. The van der Waals surface area contributed by atoms with Gasteiger partial charge in [0.05, 0.1) is 5.60 Å². The highest BCUT2D eigenvalue weighted by Gasteiger charge is 2.20. The molecule has 0 aliphatic heterocycles. The van der Waals surface area contributed by atoms with Gasteiger partial charge in [0, 0.05) is 4.90 Å². The third kappa shape index (κ3) is 2.31. The number of hydrogen-bond acceptors (Lipinski definition) is 2. The van der Waals surface area contributed by atoms with Crippen molar-refractivity contribution in [3.63, 3.8) is 0 Å². The second kappa shape index (κ2) is 3.95. The summed E-state index contributed by atoms with van der Waals surface area (Å²) in [7, 11) is 0. The fourth-order valence-electron chi connectivity index (χ4n) is 1.44. The molecule has 0 aromatic heterocycles. The van der Waals surface area contributed by atoms with E-state index in [4.69, 9.17) is 0 Å². The highest BCUT2D eigenvalue weighted by Crippen LogP contribution is 2.31. The molecule has 2 heteroatoms. The second-order valence-corrected chi connectivity index (χ2v) is 5.04. The van der Waals surface area contributed by atoms with Gasteiger partial charge in [-0.15, -0.1) is 11.8 Å². The minimum absolute atomic E-state index is 0.753. The molecule has 0 amide bonds. The van der Waals surface area contributed by atoms with Crippen LogP contribution in [0.3, 0.4) is 0 Å². The minimum atomic E-state index is -0.753. The van der Waals surface area contributed by atoms with Crippen molar-refractivity contribution < 1.29 is 5.11 Å². The predicted octanol–water partition coefficient (Wildman–Crippen LogP) is 3.25. The summed E-state index contributed by atoms with van der Waals surface area (Å²) < 4.78 is 0. The zero-order valence-electron chi connectivity index (χ0n) is 9.51. The van der Waals surface area contributed by atoms with E-state index in [-0.39, 0.29) is 0 Å². The summed E-state index contributed by atoms with van der Waals surface area (Å²) in [6, 6.07) is 4.23. The third-order valence-corrected chi connectivity index (χ3v) is 3.25. The van der Waals surface area contributed by atoms with Gasteiger partial charge in [-0.3, -0.25) is 0 Å². The van der Waals surface area contributed by atoms with Crippen molar-refractivity contribution in [2.45, 2.75) is 38.2 Å². The molecule has 14 heavy (non-hydrogen) atoms. The van der Waals surface area contributed by atoms with Crippen molar-refractivity contribution in [1.82, 2.24) is 0 Å². The summed E-state index contributed by atoms with van der Waals surface area (Å²) in [6.45, 7) is 7.84. The Morgan fingerprint density at radius 3 is 2.07 bits per heavy atom. The van der Waals surface area contributed by atoms with Gasteiger partial charge in [-0.05, 0) is 56.7 Å². The molecule has 1 aromatic rings. The molecule has 0 heterocycles. The molecule has 0 saturated carbocycles. The molecule has 0 unspecified atom stereocenters. The van der Waals surface area contributed by atoms with E-state index in [9.17, 15) is 5.11 Å². The first-order chi connectivity index (χ1) is 6.36. The Kier molecular flexibility index (Phi) is 3.28. The molecular formula is C12H18OS. The van der Waals surface area contributed by atoms with Gasteiger partial charge in [-0.2, -0.15) is 0 Å². The number of thioether (sulfide) groups is 1. The van der Waals surface area contributed by atoms with Crippen LogP contribution in [-0.2, 0) is 5.60 Å². The molecule has 1 aromatic carbocycles. The minimum Gasteiger partial charge on any atom is -0.386 e. The third-order valence-electron chi connectivity index (χ3n) is 2.47. The highest BCUT2D eigenvalue weighted by atomic mass is 32.2. The summed E-state index contributed by atoms with van der Waals surface area (Å²) in [5, 5.41) is 10.0.